The van der Waals surface area contributed by atoms with Gasteiger partial charge < -0.3 is 19.4 Å². The van der Waals surface area contributed by atoms with E-state index in [0.29, 0.717) is 29.3 Å². The van der Waals surface area contributed by atoms with Gasteiger partial charge in [0.25, 0.3) is 11.5 Å². The Labute approximate surface area is 167 Å². The number of carbonyl (C=O) groups excluding carboxylic acids is 2. The fourth-order valence-electron chi connectivity index (χ4n) is 3.35. The summed E-state index contributed by atoms with van der Waals surface area (Å²) >= 11 is 1.44. The molecule has 150 valence electrons. The summed E-state index contributed by atoms with van der Waals surface area (Å²) < 4.78 is 11.4. The van der Waals surface area contributed by atoms with E-state index >= 15 is 0 Å². The molecule has 2 heterocycles. The van der Waals surface area contributed by atoms with Crippen LogP contribution in [0, 0.1) is 0 Å². The monoisotopic (exact) mass is 404 g/mol. The van der Waals surface area contributed by atoms with Crippen LogP contribution in [0.15, 0.2) is 23.1 Å². The van der Waals surface area contributed by atoms with Crippen molar-refractivity contribution < 1.29 is 19.1 Å². The van der Waals surface area contributed by atoms with Gasteiger partial charge in [0, 0.05) is 30.8 Å². The highest BCUT2D eigenvalue weighted by Gasteiger charge is 2.26. The normalized spacial score (nSPS) is 13.5. The van der Waals surface area contributed by atoms with Gasteiger partial charge in [-0.05, 0) is 37.3 Å². The van der Waals surface area contributed by atoms with Crippen molar-refractivity contribution in [1.29, 1.82) is 0 Å². The van der Waals surface area contributed by atoms with Crippen LogP contribution in [0.4, 0.5) is 5.00 Å². The molecule has 0 atom stereocenters. The van der Waals surface area contributed by atoms with Crippen molar-refractivity contribution >= 4 is 28.2 Å². The second-order valence-corrected chi connectivity index (χ2v) is 7.76. The molecular weight excluding hydrogens is 380 g/mol. The minimum atomic E-state index is -0.431. The average Bonchev–Trinajstić information content (AvgIpc) is 2.87. The number of hydrogen-bond donors (Lipinski definition) is 1. The van der Waals surface area contributed by atoms with Gasteiger partial charge in [-0.3, -0.25) is 9.59 Å². The maximum atomic E-state index is 12.8. The zero-order valence-corrected chi connectivity index (χ0v) is 16.9. The summed E-state index contributed by atoms with van der Waals surface area (Å²) in [5, 5.41) is 3.37. The quantitative estimate of drug-likeness (QED) is 0.591. The molecule has 0 fully saturated rings. The van der Waals surface area contributed by atoms with Gasteiger partial charge in [0.1, 0.15) is 5.00 Å². The molecule has 1 N–H and O–H groups in total. The number of anilines is 1. The summed E-state index contributed by atoms with van der Waals surface area (Å²) in [5.74, 6) is -0.799. The zero-order chi connectivity index (χ0) is 20.1. The van der Waals surface area contributed by atoms with Gasteiger partial charge in [-0.15, -0.1) is 11.3 Å². The van der Waals surface area contributed by atoms with Crippen LogP contribution in [-0.2, 0) is 28.9 Å². The summed E-state index contributed by atoms with van der Waals surface area (Å²) in [7, 11) is 2.90. The van der Waals surface area contributed by atoms with Gasteiger partial charge in [0.2, 0.25) is 0 Å². The smallest absolute Gasteiger partial charge is 0.341 e. The molecule has 0 radical (unpaired) electrons. The van der Waals surface area contributed by atoms with Crippen molar-refractivity contribution in [2.75, 3.05) is 26.1 Å². The van der Waals surface area contributed by atoms with Crippen LogP contribution in [0.3, 0.4) is 0 Å². The molecule has 1 aliphatic carbocycles. The number of nitrogens with zero attached hydrogens (tertiary/aromatic N) is 1. The van der Waals surface area contributed by atoms with Gasteiger partial charge in [0.05, 0.1) is 24.8 Å². The lowest BCUT2D eigenvalue weighted by molar-refractivity contribution is 0.0601. The first-order chi connectivity index (χ1) is 13.5. The Bertz CT molecular complexity index is 931. The standard InChI is InChI=1S/C20H24N2O5S/c1-26-11-10-22-12-13(8-9-16(22)23)18(24)21-19-17(20(25)27-2)14-6-4-3-5-7-15(14)28-19/h8-9,12H,3-7,10-11H2,1-2H3,(H,21,24). The summed E-state index contributed by atoms with van der Waals surface area (Å²) in [4.78, 5) is 38.2. The number of thiophene rings is 1. The molecule has 3 rings (SSSR count). The maximum absolute atomic E-state index is 12.8. The highest BCUT2D eigenvalue weighted by Crippen LogP contribution is 2.38. The molecule has 1 amide bonds. The van der Waals surface area contributed by atoms with E-state index in [9.17, 15) is 14.4 Å². The van der Waals surface area contributed by atoms with Crippen LogP contribution in [0.1, 0.15) is 50.4 Å². The number of rotatable bonds is 6. The van der Waals surface area contributed by atoms with E-state index in [2.05, 4.69) is 5.32 Å². The SMILES string of the molecule is COCCn1cc(C(=O)Nc2sc3c(c2C(=O)OC)CCCCC3)ccc1=O. The van der Waals surface area contributed by atoms with E-state index in [1.807, 2.05) is 0 Å². The van der Waals surface area contributed by atoms with Crippen LogP contribution in [0.5, 0.6) is 0 Å². The Morgan fingerprint density at radius 1 is 1.18 bits per heavy atom. The third kappa shape index (κ3) is 4.34. The molecule has 28 heavy (non-hydrogen) atoms. The fourth-order valence-corrected chi connectivity index (χ4v) is 4.63. The molecule has 0 saturated heterocycles. The van der Waals surface area contributed by atoms with Crippen LogP contribution >= 0.6 is 11.3 Å². The first-order valence-electron chi connectivity index (χ1n) is 9.28. The Morgan fingerprint density at radius 2 is 1.96 bits per heavy atom. The number of hydrogen-bond acceptors (Lipinski definition) is 6. The third-order valence-corrected chi connectivity index (χ3v) is 6.03. The topological polar surface area (TPSA) is 86.6 Å². The van der Waals surface area contributed by atoms with E-state index in [4.69, 9.17) is 9.47 Å². The van der Waals surface area contributed by atoms with Crippen LogP contribution in [0.25, 0.3) is 0 Å². The van der Waals surface area contributed by atoms with Gasteiger partial charge in [-0.1, -0.05) is 6.42 Å². The van der Waals surface area contributed by atoms with E-state index in [-0.39, 0.29) is 11.5 Å². The number of aromatic nitrogens is 1. The second-order valence-electron chi connectivity index (χ2n) is 6.66. The number of nitrogens with one attached hydrogen (secondary N) is 1. The van der Waals surface area contributed by atoms with E-state index < -0.39 is 5.97 Å². The number of esters is 1. The van der Waals surface area contributed by atoms with Crippen molar-refractivity contribution in [2.24, 2.45) is 0 Å². The number of ether oxygens (including phenoxy) is 2. The summed E-state index contributed by atoms with van der Waals surface area (Å²) in [6.45, 7) is 0.728. The number of aryl methyl sites for hydroxylation is 1. The molecule has 2 aromatic heterocycles. The Kier molecular flexibility index (Phi) is 6.64. The van der Waals surface area contributed by atoms with Crippen LogP contribution in [0.2, 0.25) is 0 Å². The van der Waals surface area contributed by atoms with E-state index in [0.717, 1.165) is 42.5 Å². The van der Waals surface area contributed by atoms with E-state index in [1.165, 1.54) is 41.3 Å². The lowest BCUT2D eigenvalue weighted by Crippen LogP contribution is -2.23. The molecular formula is C20H24N2O5S. The predicted molar refractivity (Wildman–Crippen MR) is 107 cm³/mol. The Balaban J connectivity index is 1.90. The third-order valence-electron chi connectivity index (χ3n) is 4.82. The Morgan fingerprint density at radius 3 is 2.71 bits per heavy atom. The molecule has 0 spiro atoms. The van der Waals surface area contributed by atoms with Crippen molar-refractivity contribution in [3.8, 4) is 0 Å². The number of amides is 1. The van der Waals surface area contributed by atoms with Crippen molar-refractivity contribution in [3.63, 3.8) is 0 Å². The van der Waals surface area contributed by atoms with Gasteiger partial charge in [-0.2, -0.15) is 0 Å². The maximum Gasteiger partial charge on any atom is 0.341 e. The number of pyridine rings is 1. The van der Waals surface area contributed by atoms with Crippen LogP contribution in [-0.4, -0.2) is 37.3 Å². The highest BCUT2D eigenvalue weighted by atomic mass is 32.1. The summed E-state index contributed by atoms with van der Waals surface area (Å²) in [6.07, 6.45) is 6.45. The average molecular weight is 404 g/mol. The Hall–Kier alpha value is -2.45. The largest absolute Gasteiger partial charge is 0.465 e. The molecule has 2 aromatic rings. The number of methoxy groups -OCH3 is 2. The molecule has 0 unspecified atom stereocenters. The van der Waals surface area contributed by atoms with Crippen molar-refractivity contribution in [3.05, 3.63) is 50.3 Å². The highest BCUT2D eigenvalue weighted by molar-refractivity contribution is 7.17. The minimum Gasteiger partial charge on any atom is -0.465 e. The molecule has 0 saturated carbocycles. The molecule has 7 nitrogen and oxygen atoms in total. The van der Waals surface area contributed by atoms with Crippen molar-refractivity contribution in [2.45, 2.75) is 38.6 Å². The van der Waals surface area contributed by atoms with E-state index in [1.54, 1.807) is 7.11 Å². The molecule has 8 heteroatoms. The van der Waals surface area contributed by atoms with Gasteiger partial charge >= 0.3 is 5.97 Å². The lowest BCUT2D eigenvalue weighted by Gasteiger charge is -2.09. The fraction of sp³-hybridized carbons (Fsp3) is 0.450. The molecule has 0 aliphatic heterocycles. The zero-order valence-electron chi connectivity index (χ0n) is 16.1. The summed E-state index contributed by atoms with van der Waals surface area (Å²) in [5.41, 5.74) is 1.60. The number of carbonyl (C=O) groups is 2. The predicted octanol–water partition coefficient (Wildman–Crippen LogP) is 2.86. The molecule has 0 aromatic carbocycles. The number of fused-ring (bicyclic) bond motifs is 1. The first kappa shape index (κ1) is 20.3. The van der Waals surface area contributed by atoms with Gasteiger partial charge in [0.15, 0.2) is 0 Å². The lowest BCUT2D eigenvalue weighted by atomic mass is 10.1. The molecule has 0 bridgehead atoms. The summed E-state index contributed by atoms with van der Waals surface area (Å²) in [6, 6.07) is 2.84. The van der Waals surface area contributed by atoms with Crippen LogP contribution < -0.4 is 10.9 Å². The van der Waals surface area contributed by atoms with Crippen molar-refractivity contribution in [1.82, 2.24) is 4.57 Å². The second kappa shape index (κ2) is 9.16. The first-order valence-corrected chi connectivity index (χ1v) is 10.1. The molecule has 1 aliphatic rings. The van der Waals surface area contributed by atoms with Gasteiger partial charge in [-0.25, -0.2) is 4.79 Å². The minimum absolute atomic E-state index is 0.202.